The zero-order valence-corrected chi connectivity index (χ0v) is 16.7. The highest BCUT2D eigenvalue weighted by molar-refractivity contribution is 7.91. The molecule has 6 nitrogen and oxygen atoms in total. The highest BCUT2D eigenvalue weighted by Gasteiger charge is 2.32. The van der Waals surface area contributed by atoms with E-state index in [1.54, 1.807) is 16.0 Å². The second-order valence-electron chi connectivity index (χ2n) is 6.16. The van der Waals surface area contributed by atoms with Crippen LogP contribution in [0.15, 0.2) is 12.1 Å². The van der Waals surface area contributed by atoms with Gasteiger partial charge in [0.1, 0.15) is 5.82 Å². The smallest absolute Gasteiger partial charge is 0.198 e. The fourth-order valence-electron chi connectivity index (χ4n) is 2.93. The summed E-state index contributed by atoms with van der Waals surface area (Å²) < 4.78 is 28.4. The zero-order valence-electron chi connectivity index (χ0n) is 13.5. The Hall–Kier alpha value is -0.740. The van der Waals surface area contributed by atoms with Crippen LogP contribution in [0.25, 0.3) is 0 Å². The normalized spacial score (nSPS) is 20.1. The monoisotopic (exact) mass is 406 g/mol. The van der Waals surface area contributed by atoms with E-state index in [0.29, 0.717) is 17.9 Å². The number of halogens is 1. The Bertz CT molecular complexity index is 900. The average molecular weight is 407 g/mol. The van der Waals surface area contributed by atoms with E-state index >= 15 is 0 Å². The van der Waals surface area contributed by atoms with Gasteiger partial charge in [-0.3, -0.25) is 4.90 Å². The van der Waals surface area contributed by atoms with E-state index in [-0.39, 0.29) is 17.4 Å². The van der Waals surface area contributed by atoms with Crippen LogP contribution in [-0.4, -0.2) is 46.2 Å². The lowest BCUT2D eigenvalue weighted by molar-refractivity contribution is 0.245. The van der Waals surface area contributed by atoms with Gasteiger partial charge in [-0.05, 0) is 37.8 Å². The summed E-state index contributed by atoms with van der Waals surface area (Å²) in [7, 11) is 0.899. The fourth-order valence-corrected chi connectivity index (χ4v) is 6.03. The van der Waals surface area contributed by atoms with Gasteiger partial charge in [0.15, 0.2) is 14.6 Å². The topological polar surface area (TPSA) is 60.1 Å². The lowest BCUT2D eigenvalue weighted by atomic mass is 10.1. The Kier molecular flexibility index (Phi) is 5.17. The molecular formula is C14H19ClN4O2S3. The fraction of sp³-hybridized carbons (Fsp3) is 0.571. The van der Waals surface area contributed by atoms with E-state index in [1.165, 1.54) is 4.88 Å². The first-order valence-corrected chi connectivity index (χ1v) is 10.9. The highest BCUT2D eigenvalue weighted by Crippen LogP contribution is 2.28. The van der Waals surface area contributed by atoms with Gasteiger partial charge in [-0.15, -0.1) is 11.3 Å². The number of aromatic nitrogens is 3. The zero-order chi connectivity index (χ0) is 17.5. The summed E-state index contributed by atoms with van der Waals surface area (Å²) in [6.45, 7) is 1.30. The molecule has 0 N–H and O–H groups in total. The molecule has 1 aliphatic heterocycles. The van der Waals surface area contributed by atoms with E-state index in [1.807, 2.05) is 30.8 Å². The molecule has 0 aromatic carbocycles. The first-order valence-electron chi connectivity index (χ1n) is 7.52. The molecule has 132 valence electrons. The Morgan fingerprint density at radius 3 is 2.83 bits per heavy atom. The van der Waals surface area contributed by atoms with Gasteiger partial charge < -0.3 is 4.57 Å². The van der Waals surface area contributed by atoms with E-state index in [9.17, 15) is 8.42 Å². The maximum atomic E-state index is 11.7. The van der Waals surface area contributed by atoms with Gasteiger partial charge in [0.2, 0.25) is 0 Å². The number of thiophene rings is 1. The molecule has 1 saturated heterocycles. The van der Waals surface area contributed by atoms with Crippen molar-refractivity contribution in [2.45, 2.75) is 25.6 Å². The number of rotatable bonds is 5. The number of sulfone groups is 1. The second kappa shape index (κ2) is 6.87. The molecule has 0 spiro atoms. The van der Waals surface area contributed by atoms with E-state index in [2.05, 4.69) is 10.00 Å². The molecule has 0 amide bonds. The van der Waals surface area contributed by atoms with E-state index in [0.717, 1.165) is 16.7 Å². The molecule has 2 aromatic rings. The molecule has 0 unspecified atom stereocenters. The summed E-state index contributed by atoms with van der Waals surface area (Å²) in [5.74, 6) is 1.09. The standard InChI is InChI=1S/C14H19ClN4O2S3/c1-17(7-11-3-4-12(15)23-11)9-19-14(22)18(2)13(16-19)10-5-6-24(20,21)8-10/h3-4,10H,5-9H2,1-2H3/t10-/m0/s1. The Balaban J connectivity index is 1.75. The lowest BCUT2D eigenvalue weighted by Crippen LogP contribution is -2.22. The van der Waals surface area contributed by atoms with Gasteiger partial charge in [0.05, 0.1) is 22.5 Å². The van der Waals surface area contributed by atoms with Gasteiger partial charge in [-0.2, -0.15) is 5.10 Å². The summed E-state index contributed by atoms with van der Waals surface area (Å²) in [6, 6.07) is 3.90. The van der Waals surface area contributed by atoms with Crippen molar-refractivity contribution in [2.75, 3.05) is 18.6 Å². The van der Waals surface area contributed by atoms with Gasteiger partial charge in [-0.25, -0.2) is 13.1 Å². The molecule has 0 bridgehead atoms. The van der Waals surface area contributed by atoms with Crippen LogP contribution in [0.2, 0.25) is 4.34 Å². The van der Waals surface area contributed by atoms with Crippen LogP contribution in [0.1, 0.15) is 23.0 Å². The number of hydrogen-bond acceptors (Lipinski definition) is 6. The highest BCUT2D eigenvalue weighted by atomic mass is 35.5. The molecule has 1 fully saturated rings. The van der Waals surface area contributed by atoms with Crippen molar-refractivity contribution in [3.05, 3.63) is 31.9 Å². The summed E-state index contributed by atoms with van der Waals surface area (Å²) in [5, 5.41) is 4.59. The van der Waals surface area contributed by atoms with Crippen LogP contribution in [-0.2, 0) is 30.1 Å². The van der Waals surface area contributed by atoms with Gasteiger partial charge in [-0.1, -0.05) is 11.6 Å². The second-order valence-corrected chi connectivity index (χ2v) is 10.6. The summed E-state index contributed by atoms with van der Waals surface area (Å²) in [5.41, 5.74) is 0. The van der Waals surface area contributed by atoms with Gasteiger partial charge >= 0.3 is 0 Å². The van der Waals surface area contributed by atoms with Gasteiger partial charge in [0, 0.05) is 24.4 Å². The van der Waals surface area contributed by atoms with Crippen molar-refractivity contribution in [3.8, 4) is 0 Å². The van der Waals surface area contributed by atoms with Crippen LogP contribution in [0.5, 0.6) is 0 Å². The van der Waals surface area contributed by atoms with E-state index < -0.39 is 9.84 Å². The van der Waals surface area contributed by atoms with Crippen molar-refractivity contribution in [3.63, 3.8) is 0 Å². The Morgan fingerprint density at radius 1 is 1.50 bits per heavy atom. The van der Waals surface area contributed by atoms with Crippen molar-refractivity contribution >= 4 is 45.0 Å². The van der Waals surface area contributed by atoms with Gasteiger partial charge in [0.25, 0.3) is 0 Å². The van der Waals surface area contributed by atoms with Crippen LogP contribution in [0.3, 0.4) is 0 Å². The summed E-state index contributed by atoms with van der Waals surface area (Å²) in [4.78, 5) is 3.27. The lowest BCUT2D eigenvalue weighted by Gasteiger charge is -2.15. The molecule has 0 saturated carbocycles. The SMILES string of the molecule is CN(Cc1ccc(Cl)s1)Cn1nc([C@H]2CCS(=O)(=O)C2)n(C)c1=S. The Morgan fingerprint density at radius 2 is 2.25 bits per heavy atom. The molecule has 1 aliphatic rings. The quantitative estimate of drug-likeness (QED) is 0.714. The minimum absolute atomic E-state index is 0.0654. The first-order chi connectivity index (χ1) is 11.2. The van der Waals surface area contributed by atoms with Crippen molar-refractivity contribution in [1.82, 2.24) is 19.2 Å². The van der Waals surface area contributed by atoms with Crippen molar-refractivity contribution < 1.29 is 8.42 Å². The van der Waals surface area contributed by atoms with Crippen LogP contribution >= 0.6 is 35.2 Å². The minimum Gasteiger partial charge on any atom is -0.307 e. The third-order valence-electron chi connectivity index (χ3n) is 4.10. The number of hydrogen-bond donors (Lipinski definition) is 0. The predicted octanol–water partition coefficient (Wildman–Crippen LogP) is 2.66. The Labute approximate surface area is 155 Å². The molecule has 10 heteroatoms. The third kappa shape index (κ3) is 3.91. The first kappa shape index (κ1) is 18.1. The maximum absolute atomic E-state index is 11.7. The van der Waals surface area contributed by atoms with Crippen molar-refractivity contribution in [1.29, 1.82) is 0 Å². The average Bonchev–Trinajstić information content (AvgIpc) is 3.13. The molecule has 0 radical (unpaired) electrons. The molecule has 1 atom stereocenters. The summed E-state index contributed by atoms with van der Waals surface area (Å²) in [6.07, 6.45) is 0.617. The van der Waals surface area contributed by atoms with Crippen LogP contribution in [0, 0.1) is 4.77 Å². The molecule has 24 heavy (non-hydrogen) atoms. The predicted molar refractivity (Wildman–Crippen MR) is 98.8 cm³/mol. The third-order valence-corrected chi connectivity index (χ3v) is 7.57. The minimum atomic E-state index is -2.94. The molecular weight excluding hydrogens is 388 g/mol. The molecule has 0 aliphatic carbocycles. The number of nitrogens with zero attached hydrogens (tertiary/aromatic N) is 4. The van der Waals surface area contributed by atoms with Crippen molar-refractivity contribution in [2.24, 2.45) is 7.05 Å². The molecule has 3 rings (SSSR count). The van der Waals surface area contributed by atoms with Crippen LogP contribution in [0.4, 0.5) is 0 Å². The maximum Gasteiger partial charge on any atom is 0.198 e. The van der Waals surface area contributed by atoms with Crippen LogP contribution < -0.4 is 0 Å². The summed E-state index contributed by atoms with van der Waals surface area (Å²) >= 11 is 13.0. The molecule has 3 heterocycles. The van der Waals surface area contributed by atoms with E-state index in [4.69, 9.17) is 23.8 Å². The largest absolute Gasteiger partial charge is 0.307 e. The molecule has 2 aromatic heterocycles.